The minimum Gasteiger partial charge on any atom is -0.351 e. The maximum Gasteiger partial charge on any atom is 0.284 e. The van der Waals surface area contributed by atoms with Crippen molar-refractivity contribution in [1.82, 2.24) is 5.32 Å². The summed E-state index contributed by atoms with van der Waals surface area (Å²) in [4.78, 5) is 22.3. The molecule has 1 aliphatic carbocycles. The van der Waals surface area contributed by atoms with Crippen molar-refractivity contribution in [2.45, 2.75) is 17.6 Å². The summed E-state index contributed by atoms with van der Waals surface area (Å²) in [7, 11) is 0. The molecule has 0 radical (unpaired) electrons. The summed E-state index contributed by atoms with van der Waals surface area (Å²) in [5.41, 5.74) is 0.213. The van der Waals surface area contributed by atoms with E-state index in [2.05, 4.69) is 21.2 Å². The first kappa shape index (κ1) is 14.3. The first-order chi connectivity index (χ1) is 8.97. The van der Waals surface area contributed by atoms with Crippen molar-refractivity contribution in [1.29, 1.82) is 0 Å². The summed E-state index contributed by atoms with van der Waals surface area (Å²) in [6.45, 7) is 0.608. The van der Waals surface area contributed by atoms with Crippen LogP contribution in [0.15, 0.2) is 22.7 Å². The van der Waals surface area contributed by atoms with E-state index in [1.165, 1.54) is 12.1 Å². The summed E-state index contributed by atoms with van der Waals surface area (Å²) < 4.78 is 0.550. The highest BCUT2D eigenvalue weighted by Gasteiger charge is 2.41. The molecule has 2 rings (SSSR count). The number of thioether (sulfide) groups is 1. The van der Waals surface area contributed by atoms with Crippen LogP contribution in [0, 0.1) is 10.1 Å². The van der Waals surface area contributed by atoms with Crippen molar-refractivity contribution < 1.29 is 9.72 Å². The number of hydrogen-bond donors (Lipinski definition) is 1. The molecule has 0 aromatic heterocycles. The molecule has 1 aromatic carbocycles. The number of nitro groups is 1. The van der Waals surface area contributed by atoms with E-state index >= 15 is 0 Å². The van der Waals surface area contributed by atoms with Gasteiger partial charge >= 0.3 is 0 Å². The number of amides is 1. The number of hydrogen-bond acceptors (Lipinski definition) is 4. The molecule has 0 spiro atoms. The van der Waals surface area contributed by atoms with E-state index < -0.39 is 4.92 Å². The lowest BCUT2D eigenvalue weighted by atomic mass is 10.2. The largest absolute Gasteiger partial charge is 0.351 e. The summed E-state index contributed by atoms with van der Waals surface area (Å²) in [6, 6.07) is 4.39. The average molecular weight is 345 g/mol. The van der Waals surface area contributed by atoms with Crippen molar-refractivity contribution in [2.24, 2.45) is 0 Å². The lowest BCUT2D eigenvalue weighted by molar-refractivity contribution is -0.385. The smallest absolute Gasteiger partial charge is 0.284 e. The molecule has 1 fully saturated rings. The molecule has 5 nitrogen and oxygen atoms in total. The Balaban J connectivity index is 2.07. The topological polar surface area (TPSA) is 72.2 Å². The highest BCUT2D eigenvalue weighted by molar-refractivity contribution is 9.10. The third-order valence-electron chi connectivity index (χ3n) is 3.22. The Bertz CT molecular complexity index is 532. The third kappa shape index (κ3) is 3.27. The van der Waals surface area contributed by atoms with Gasteiger partial charge in [-0.15, -0.1) is 0 Å². The number of nitrogens with one attached hydrogen (secondary N) is 1. The van der Waals surface area contributed by atoms with E-state index in [9.17, 15) is 14.9 Å². The molecule has 1 aromatic rings. The molecule has 0 saturated heterocycles. The van der Waals surface area contributed by atoms with Gasteiger partial charge < -0.3 is 5.32 Å². The summed E-state index contributed by atoms with van der Waals surface area (Å²) in [5, 5.41) is 13.7. The number of rotatable bonds is 5. The Morgan fingerprint density at radius 1 is 1.58 bits per heavy atom. The predicted molar refractivity (Wildman–Crippen MR) is 78.6 cm³/mol. The fourth-order valence-corrected chi connectivity index (χ4v) is 2.85. The minimum atomic E-state index is -0.509. The molecule has 1 aliphatic rings. The van der Waals surface area contributed by atoms with Crippen LogP contribution in [-0.2, 0) is 0 Å². The summed E-state index contributed by atoms with van der Waals surface area (Å²) in [5.74, 6) is -0.268. The van der Waals surface area contributed by atoms with E-state index in [0.29, 0.717) is 16.6 Å². The second kappa shape index (κ2) is 5.50. The van der Waals surface area contributed by atoms with Gasteiger partial charge in [-0.1, -0.05) is 0 Å². The quantitative estimate of drug-likeness (QED) is 0.658. The van der Waals surface area contributed by atoms with E-state index in [-0.39, 0.29) is 16.3 Å². The molecule has 0 unspecified atom stereocenters. The van der Waals surface area contributed by atoms with Gasteiger partial charge in [0.05, 0.1) is 9.40 Å². The van der Waals surface area contributed by atoms with Crippen LogP contribution in [0.1, 0.15) is 23.2 Å². The highest BCUT2D eigenvalue weighted by Crippen LogP contribution is 2.46. The second-order valence-electron chi connectivity index (χ2n) is 4.49. The number of benzene rings is 1. The number of nitro benzene ring substituents is 1. The van der Waals surface area contributed by atoms with Gasteiger partial charge in [-0.2, -0.15) is 11.8 Å². The third-order valence-corrected chi connectivity index (χ3v) is 5.31. The Kier molecular flexibility index (Phi) is 4.15. The summed E-state index contributed by atoms with van der Waals surface area (Å²) >= 11 is 4.85. The van der Waals surface area contributed by atoms with Crippen LogP contribution in [0.2, 0.25) is 0 Å². The molecule has 7 heteroatoms. The van der Waals surface area contributed by atoms with Crippen molar-refractivity contribution >= 4 is 39.3 Å². The lowest BCUT2D eigenvalue weighted by Crippen LogP contribution is -2.31. The second-order valence-corrected chi connectivity index (χ2v) is 6.62. The van der Waals surface area contributed by atoms with E-state index in [4.69, 9.17) is 0 Å². The van der Waals surface area contributed by atoms with Crippen LogP contribution in [0.5, 0.6) is 0 Å². The number of carbonyl (C=O) groups excluding carboxylic acids is 1. The Morgan fingerprint density at radius 3 is 2.79 bits per heavy atom. The zero-order valence-corrected chi connectivity index (χ0v) is 12.7. The van der Waals surface area contributed by atoms with Gasteiger partial charge in [-0.25, -0.2) is 0 Å². The highest BCUT2D eigenvalue weighted by atomic mass is 79.9. The summed E-state index contributed by atoms with van der Waals surface area (Å²) in [6.07, 6.45) is 4.24. The minimum absolute atomic E-state index is 0.0985. The van der Waals surface area contributed by atoms with Gasteiger partial charge in [-0.3, -0.25) is 14.9 Å². The number of halogens is 1. The molecule has 1 N–H and O–H groups in total. The lowest BCUT2D eigenvalue weighted by Gasteiger charge is -2.13. The van der Waals surface area contributed by atoms with Crippen molar-refractivity contribution in [3.63, 3.8) is 0 Å². The zero-order chi connectivity index (χ0) is 14.0. The molecule has 0 bridgehead atoms. The zero-order valence-electron chi connectivity index (χ0n) is 10.3. The Morgan fingerprint density at radius 2 is 2.26 bits per heavy atom. The van der Waals surface area contributed by atoms with Crippen LogP contribution in [-0.4, -0.2) is 28.4 Å². The van der Waals surface area contributed by atoms with Crippen molar-refractivity contribution in [3.05, 3.63) is 38.3 Å². The molecule has 102 valence electrons. The normalized spacial score (nSPS) is 15.9. The van der Waals surface area contributed by atoms with Crippen LogP contribution in [0.25, 0.3) is 0 Å². The molecular weight excluding hydrogens is 332 g/mol. The monoisotopic (exact) mass is 344 g/mol. The fourth-order valence-electron chi connectivity index (χ4n) is 1.73. The van der Waals surface area contributed by atoms with E-state index in [1.54, 1.807) is 17.8 Å². The van der Waals surface area contributed by atoms with Crippen LogP contribution < -0.4 is 5.32 Å². The van der Waals surface area contributed by atoms with Gasteiger partial charge in [0.2, 0.25) is 0 Å². The molecular formula is C12H13BrN2O3S. The van der Waals surface area contributed by atoms with E-state index in [0.717, 1.165) is 12.8 Å². The van der Waals surface area contributed by atoms with Gasteiger partial charge in [0.25, 0.3) is 11.6 Å². The number of carbonyl (C=O) groups is 1. The average Bonchev–Trinajstić information content (AvgIpc) is 3.17. The van der Waals surface area contributed by atoms with Crippen LogP contribution in [0.4, 0.5) is 5.69 Å². The standard InChI is InChI=1S/C12H13BrN2O3S/c1-19-12(4-5-12)7-14-11(16)8-2-3-9(13)10(6-8)15(17)18/h2-3,6H,4-5,7H2,1H3,(H,14,16). The molecule has 19 heavy (non-hydrogen) atoms. The first-order valence-electron chi connectivity index (χ1n) is 5.75. The van der Waals surface area contributed by atoms with Gasteiger partial charge in [0.15, 0.2) is 0 Å². The molecule has 0 atom stereocenters. The molecule has 1 saturated carbocycles. The predicted octanol–water partition coefficient (Wildman–Crippen LogP) is 2.98. The molecule has 0 heterocycles. The first-order valence-corrected chi connectivity index (χ1v) is 7.76. The maximum absolute atomic E-state index is 12.0. The van der Waals surface area contributed by atoms with Crippen LogP contribution in [0.3, 0.4) is 0 Å². The fraction of sp³-hybridized carbons (Fsp3) is 0.417. The van der Waals surface area contributed by atoms with Crippen LogP contribution >= 0.6 is 27.7 Å². The van der Waals surface area contributed by atoms with Gasteiger partial charge in [0.1, 0.15) is 0 Å². The van der Waals surface area contributed by atoms with Gasteiger partial charge in [0, 0.05) is 22.9 Å². The number of nitrogens with zero attached hydrogens (tertiary/aromatic N) is 1. The van der Waals surface area contributed by atoms with Crippen molar-refractivity contribution in [2.75, 3.05) is 12.8 Å². The van der Waals surface area contributed by atoms with Crippen molar-refractivity contribution in [3.8, 4) is 0 Å². The maximum atomic E-state index is 12.0. The van der Waals surface area contributed by atoms with Gasteiger partial charge in [-0.05, 0) is 47.2 Å². The molecule has 1 amide bonds. The van der Waals surface area contributed by atoms with E-state index in [1.807, 2.05) is 6.26 Å². The Labute approximate surface area is 123 Å². The Hall–Kier alpha value is -1.08. The SMILES string of the molecule is CSC1(CNC(=O)c2ccc(Br)c([N+](=O)[O-])c2)CC1. The molecule has 0 aliphatic heterocycles.